The first-order valence-corrected chi connectivity index (χ1v) is 7.19. The van der Waals surface area contributed by atoms with E-state index in [9.17, 15) is 9.50 Å². The summed E-state index contributed by atoms with van der Waals surface area (Å²) in [6.45, 7) is 1.70. The van der Waals surface area contributed by atoms with E-state index in [0.29, 0.717) is 16.9 Å². The molecule has 2 rings (SSSR count). The molecule has 0 spiro atoms. The third kappa shape index (κ3) is 3.51. The van der Waals surface area contributed by atoms with Gasteiger partial charge in [-0.25, -0.2) is 4.39 Å². The summed E-state index contributed by atoms with van der Waals surface area (Å²) in [4.78, 5) is 0. The molecule has 0 aliphatic heterocycles. The van der Waals surface area contributed by atoms with Gasteiger partial charge in [-0.3, -0.25) is 0 Å². The zero-order valence-electron chi connectivity index (χ0n) is 10.7. The van der Waals surface area contributed by atoms with Crippen molar-refractivity contribution < 1.29 is 14.2 Å². The average molecular weight is 360 g/mol. The largest absolute Gasteiger partial charge is 0.488 e. The number of halogens is 3. The lowest BCUT2D eigenvalue weighted by Gasteiger charge is -2.14. The summed E-state index contributed by atoms with van der Waals surface area (Å²) in [7, 11) is 0. The summed E-state index contributed by atoms with van der Waals surface area (Å²) in [5, 5.41) is 9.80. The lowest BCUT2D eigenvalue weighted by molar-refractivity contribution is 0.189. The van der Waals surface area contributed by atoms with Gasteiger partial charge in [0.25, 0.3) is 0 Å². The first kappa shape index (κ1) is 15.3. The van der Waals surface area contributed by atoms with Crippen LogP contribution in [0.5, 0.6) is 5.75 Å². The van der Waals surface area contributed by atoms with Gasteiger partial charge < -0.3 is 9.84 Å². The second-order valence-electron chi connectivity index (χ2n) is 4.36. The molecule has 0 fully saturated rings. The molecule has 2 aromatic rings. The molecular formula is C15H13BrClFO2. The van der Waals surface area contributed by atoms with E-state index in [1.54, 1.807) is 37.3 Å². The van der Waals surface area contributed by atoms with Crippen LogP contribution in [0.3, 0.4) is 0 Å². The fraction of sp³-hybridized carbons (Fsp3) is 0.200. The number of ether oxygens (including phenoxy) is 1. The van der Waals surface area contributed by atoms with Gasteiger partial charge in [0.1, 0.15) is 18.2 Å². The molecule has 0 aromatic heterocycles. The van der Waals surface area contributed by atoms with Crippen LogP contribution in [-0.2, 0) is 6.61 Å². The van der Waals surface area contributed by atoms with Crippen molar-refractivity contribution in [2.45, 2.75) is 19.6 Å². The van der Waals surface area contributed by atoms with Crippen molar-refractivity contribution >= 4 is 27.5 Å². The first-order chi connectivity index (χ1) is 9.49. The van der Waals surface area contributed by atoms with Crippen molar-refractivity contribution in [3.05, 3.63) is 62.8 Å². The van der Waals surface area contributed by atoms with Crippen LogP contribution in [0.15, 0.2) is 40.9 Å². The monoisotopic (exact) mass is 358 g/mol. The predicted molar refractivity (Wildman–Crippen MR) is 80.5 cm³/mol. The van der Waals surface area contributed by atoms with E-state index < -0.39 is 11.9 Å². The van der Waals surface area contributed by atoms with Gasteiger partial charge in [0.05, 0.1) is 11.1 Å². The van der Waals surface area contributed by atoms with Gasteiger partial charge in [0, 0.05) is 15.6 Å². The molecule has 5 heteroatoms. The maximum Gasteiger partial charge on any atom is 0.148 e. The Morgan fingerprint density at radius 3 is 2.80 bits per heavy atom. The Labute approximate surface area is 130 Å². The maximum absolute atomic E-state index is 13.8. The minimum atomic E-state index is -0.674. The molecule has 0 heterocycles. The average Bonchev–Trinajstić information content (AvgIpc) is 2.41. The zero-order valence-corrected chi connectivity index (χ0v) is 13.1. The van der Waals surface area contributed by atoms with E-state index in [1.165, 1.54) is 6.07 Å². The molecule has 0 aliphatic rings. The van der Waals surface area contributed by atoms with Crippen LogP contribution in [0.25, 0.3) is 0 Å². The number of aliphatic hydroxyl groups is 1. The van der Waals surface area contributed by atoms with E-state index in [1.807, 2.05) is 0 Å². The van der Waals surface area contributed by atoms with Crippen molar-refractivity contribution in [2.75, 3.05) is 0 Å². The summed E-state index contributed by atoms with van der Waals surface area (Å²) in [5.41, 5.74) is 1.01. The molecule has 0 amide bonds. The summed E-state index contributed by atoms with van der Waals surface area (Å²) in [5.74, 6) is 0.0347. The lowest BCUT2D eigenvalue weighted by atomic mass is 10.1. The van der Waals surface area contributed by atoms with Gasteiger partial charge in [-0.05, 0) is 31.2 Å². The molecule has 106 valence electrons. The molecule has 1 unspecified atom stereocenters. The van der Waals surface area contributed by atoms with Crippen LogP contribution in [0.1, 0.15) is 24.2 Å². The number of aliphatic hydroxyl groups excluding tert-OH is 1. The van der Waals surface area contributed by atoms with E-state index >= 15 is 0 Å². The molecular weight excluding hydrogens is 347 g/mol. The minimum Gasteiger partial charge on any atom is -0.488 e. The molecule has 0 bridgehead atoms. The van der Waals surface area contributed by atoms with Gasteiger partial charge in [-0.1, -0.05) is 39.7 Å². The third-order valence-electron chi connectivity index (χ3n) is 2.84. The highest BCUT2D eigenvalue weighted by atomic mass is 79.9. The van der Waals surface area contributed by atoms with Crippen molar-refractivity contribution in [3.63, 3.8) is 0 Å². The van der Waals surface area contributed by atoms with Gasteiger partial charge >= 0.3 is 0 Å². The normalized spacial score (nSPS) is 12.2. The third-order valence-corrected chi connectivity index (χ3v) is 3.62. The molecule has 2 nitrogen and oxygen atoms in total. The first-order valence-electron chi connectivity index (χ1n) is 6.02. The summed E-state index contributed by atoms with van der Waals surface area (Å²) in [6.07, 6.45) is -0.674. The van der Waals surface area contributed by atoms with Crippen LogP contribution in [0.4, 0.5) is 4.39 Å². The number of hydrogen-bond acceptors (Lipinski definition) is 2. The summed E-state index contributed by atoms with van der Waals surface area (Å²) >= 11 is 9.06. The SMILES string of the molecule is CC(O)c1cc(Br)ccc1OCc1cccc(Cl)c1F. The van der Waals surface area contributed by atoms with Gasteiger partial charge in [0.2, 0.25) is 0 Å². The smallest absolute Gasteiger partial charge is 0.148 e. The maximum atomic E-state index is 13.8. The molecule has 1 atom stereocenters. The second-order valence-corrected chi connectivity index (χ2v) is 5.68. The summed E-state index contributed by atoms with van der Waals surface area (Å²) in [6, 6.07) is 10.1. The second kappa shape index (κ2) is 6.57. The highest BCUT2D eigenvalue weighted by Gasteiger charge is 2.12. The highest BCUT2D eigenvalue weighted by molar-refractivity contribution is 9.10. The van der Waals surface area contributed by atoms with E-state index in [-0.39, 0.29) is 11.6 Å². The number of hydrogen-bond donors (Lipinski definition) is 1. The van der Waals surface area contributed by atoms with E-state index in [2.05, 4.69) is 15.9 Å². The number of rotatable bonds is 4. The molecule has 0 aliphatic carbocycles. The van der Waals surface area contributed by atoms with Crippen molar-refractivity contribution in [1.82, 2.24) is 0 Å². The fourth-order valence-electron chi connectivity index (χ4n) is 1.79. The minimum absolute atomic E-state index is 0.0494. The standard InChI is InChI=1S/C15H13BrClFO2/c1-9(19)12-7-11(16)5-6-14(12)20-8-10-3-2-4-13(17)15(10)18/h2-7,9,19H,8H2,1H3. The van der Waals surface area contributed by atoms with Crippen LogP contribution in [0.2, 0.25) is 5.02 Å². The highest BCUT2D eigenvalue weighted by Crippen LogP contribution is 2.29. The van der Waals surface area contributed by atoms with Crippen LogP contribution >= 0.6 is 27.5 Å². The van der Waals surface area contributed by atoms with Gasteiger partial charge in [-0.2, -0.15) is 0 Å². The Bertz CT molecular complexity index is 617. The zero-order chi connectivity index (χ0) is 14.7. The van der Waals surface area contributed by atoms with Crippen molar-refractivity contribution in [1.29, 1.82) is 0 Å². The Hall–Kier alpha value is -1.10. The number of benzene rings is 2. The Kier molecular flexibility index (Phi) is 5.02. The summed E-state index contributed by atoms with van der Waals surface area (Å²) < 4.78 is 20.2. The molecule has 0 saturated heterocycles. The van der Waals surface area contributed by atoms with Crippen molar-refractivity contribution in [3.8, 4) is 5.75 Å². The van der Waals surface area contributed by atoms with Crippen LogP contribution in [0, 0.1) is 5.82 Å². The Morgan fingerprint density at radius 1 is 1.35 bits per heavy atom. The topological polar surface area (TPSA) is 29.5 Å². The Morgan fingerprint density at radius 2 is 2.10 bits per heavy atom. The lowest BCUT2D eigenvalue weighted by Crippen LogP contribution is -2.03. The van der Waals surface area contributed by atoms with Crippen LogP contribution < -0.4 is 4.74 Å². The van der Waals surface area contributed by atoms with Gasteiger partial charge in [0.15, 0.2) is 0 Å². The van der Waals surface area contributed by atoms with Gasteiger partial charge in [-0.15, -0.1) is 0 Å². The molecule has 2 aromatic carbocycles. The fourth-order valence-corrected chi connectivity index (χ4v) is 2.37. The quantitative estimate of drug-likeness (QED) is 0.843. The molecule has 0 saturated carbocycles. The van der Waals surface area contributed by atoms with E-state index in [0.717, 1.165) is 4.47 Å². The van der Waals surface area contributed by atoms with Crippen molar-refractivity contribution in [2.24, 2.45) is 0 Å². The molecule has 1 N–H and O–H groups in total. The van der Waals surface area contributed by atoms with E-state index in [4.69, 9.17) is 16.3 Å². The molecule has 0 radical (unpaired) electrons. The molecule has 20 heavy (non-hydrogen) atoms. The Balaban J connectivity index is 2.21. The van der Waals surface area contributed by atoms with Crippen LogP contribution in [-0.4, -0.2) is 5.11 Å². The predicted octanol–water partition coefficient (Wildman–Crippen LogP) is 4.87.